The number of hydrogen-bond acceptors (Lipinski definition) is 5. The van der Waals surface area contributed by atoms with Crippen LogP contribution in [0, 0.1) is 5.92 Å². The molecule has 1 saturated heterocycles. The number of ether oxygens (including phenoxy) is 1. The summed E-state index contributed by atoms with van der Waals surface area (Å²) < 4.78 is 48.6. The number of hydrogen-bond donors (Lipinski definition) is 1. The first kappa shape index (κ1) is 19.1. The number of nitrogen functional groups attached to an aromatic ring is 1. The summed E-state index contributed by atoms with van der Waals surface area (Å²) in [7, 11) is 0. The Morgan fingerprint density at radius 3 is 2.68 bits per heavy atom. The van der Waals surface area contributed by atoms with E-state index in [1.165, 1.54) is 0 Å². The summed E-state index contributed by atoms with van der Waals surface area (Å²) >= 11 is 3.30. The molecule has 3 aromatic rings. The monoisotopic (exact) mass is 455 g/mol. The van der Waals surface area contributed by atoms with E-state index in [-0.39, 0.29) is 11.6 Å². The van der Waals surface area contributed by atoms with Crippen LogP contribution in [-0.4, -0.2) is 32.7 Å². The number of alkyl halides is 3. The van der Waals surface area contributed by atoms with E-state index in [9.17, 15) is 13.2 Å². The van der Waals surface area contributed by atoms with Gasteiger partial charge in [-0.15, -0.1) is 0 Å². The van der Waals surface area contributed by atoms with E-state index >= 15 is 0 Å². The zero-order chi connectivity index (χ0) is 19.9. The third-order valence-electron chi connectivity index (χ3n) is 4.90. The molecule has 4 rings (SSSR count). The van der Waals surface area contributed by atoms with Crippen molar-refractivity contribution >= 4 is 32.8 Å². The van der Waals surface area contributed by atoms with E-state index in [0.717, 1.165) is 24.6 Å². The average Bonchev–Trinajstić information content (AvgIpc) is 2.99. The Morgan fingerprint density at radius 1 is 1.21 bits per heavy atom. The number of halogens is 4. The second-order valence-corrected chi connectivity index (χ2v) is 7.58. The Balaban J connectivity index is 1.88. The summed E-state index contributed by atoms with van der Waals surface area (Å²) in [6.45, 7) is 2.06. The molecule has 1 fully saturated rings. The van der Waals surface area contributed by atoms with Crippen molar-refractivity contribution in [3.63, 3.8) is 0 Å². The van der Waals surface area contributed by atoms with E-state index in [2.05, 4.69) is 30.9 Å². The van der Waals surface area contributed by atoms with Gasteiger partial charge in [-0.3, -0.25) is 0 Å². The van der Waals surface area contributed by atoms with Crippen LogP contribution < -0.4 is 5.73 Å². The van der Waals surface area contributed by atoms with Crippen LogP contribution in [0.2, 0.25) is 0 Å². The molecule has 1 aliphatic heterocycles. The first-order chi connectivity index (χ1) is 13.3. The normalized spacial score (nSPS) is 16.0. The fourth-order valence-electron chi connectivity index (χ4n) is 3.52. The molecule has 148 valence electrons. The summed E-state index contributed by atoms with van der Waals surface area (Å²) in [5.74, 6) is 0.180. The van der Waals surface area contributed by atoms with E-state index in [1.54, 1.807) is 18.5 Å². The highest BCUT2D eigenvalue weighted by atomic mass is 79.9. The molecule has 0 aromatic carbocycles. The maximum absolute atomic E-state index is 13.6. The van der Waals surface area contributed by atoms with Crippen LogP contribution in [0.5, 0.6) is 0 Å². The molecule has 0 radical (unpaired) electrons. The third kappa shape index (κ3) is 3.70. The van der Waals surface area contributed by atoms with Gasteiger partial charge in [-0.05, 0) is 40.8 Å². The largest absolute Gasteiger partial charge is 0.419 e. The van der Waals surface area contributed by atoms with Crippen LogP contribution in [0.1, 0.15) is 18.4 Å². The molecule has 2 N–H and O–H groups in total. The molecule has 0 amide bonds. The van der Waals surface area contributed by atoms with Crippen molar-refractivity contribution in [3.05, 3.63) is 34.8 Å². The van der Waals surface area contributed by atoms with Crippen molar-refractivity contribution in [3.8, 4) is 11.3 Å². The molecule has 0 spiro atoms. The van der Waals surface area contributed by atoms with Crippen molar-refractivity contribution in [2.75, 3.05) is 18.9 Å². The minimum atomic E-state index is -4.59. The lowest BCUT2D eigenvalue weighted by Gasteiger charge is -2.22. The van der Waals surface area contributed by atoms with E-state index in [0.29, 0.717) is 41.2 Å². The second-order valence-electron chi connectivity index (χ2n) is 6.76. The van der Waals surface area contributed by atoms with Crippen LogP contribution in [0.15, 0.2) is 29.3 Å². The standard InChI is InChI=1S/C18H17BrF3N5O/c19-15-5-11-12(16-13(18(20,21)22)6-25-17(23)26-16)9-27(14(11)7-24-15)8-10-1-3-28-4-2-10/h5-7,9-10H,1-4,8H2,(H2,23,25,26). The van der Waals surface area contributed by atoms with Gasteiger partial charge in [0.25, 0.3) is 0 Å². The highest BCUT2D eigenvalue weighted by molar-refractivity contribution is 9.10. The Bertz CT molecular complexity index is 1010. The van der Waals surface area contributed by atoms with Gasteiger partial charge < -0.3 is 15.0 Å². The molecule has 0 saturated carbocycles. The topological polar surface area (TPSA) is 78.8 Å². The van der Waals surface area contributed by atoms with Gasteiger partial charge in [-0.25, -0.2) is 15.0 Å². The van der Waals surface area contributed by atoms with Gasteiger partial charge in [0.05, 0.1) is 17.4 Å². The molecule has 1 aliphatic rings. The van der Waals surface area contributed by atoms with Crippen molar-refractivity contribution in [1.29, 1.82) is 0 Å². The number of nitrogens with two attached hydrogens (primary N) is 1. The molecule has 10 heteroatoms. The fourth-order valence-corrected chi connectivity index (χ4v) is 3.85. The zero-order valence-corrected chi connectivity index (χ0v) is 16.3. The molecule has 0 unspecified atom stereocenters. The fraction of sp³-hybridized carbons (Fsp3) is 0.389. The zero-order valence-electron chi connectivity index (χ0n) is 14.7. The number of fused-ring (bicyclic) bond motifs is 1. The number of aromatic nitrogens is 4. The van der Waals surface area contributed by atoms with Crippen molar-refractivity contribution in [2.24, 2.45) is 5.92 Å². The molecule has 0 aliphatic carbocycles. The molecule has 3 aromatic heterocycles. The smallest absolute Gasteiger partial charge is 0.381 e. The third-order valence-corrected chi connectivity index (χ3v) is 5.33. The molecular formula is C18H17BrF3N5O. The SMILES string of the molecule is Nc1ncc(C(F)(F)F)c(-c2cn(CC3CCOCC3)c3cnc(Br)cc23)n1. The van der Waals surface area contributed by atoms with E-state index in [4.69, 9.17) is 10.5 Å². The number of pyridine rings is 1. The lowest BCUT2D eigenvalue weighted by molar-refractivity contribution is -0.137. The molecule has 28 heavy (non-hydrogen) atoms. The Kier molecular flexibility index (Phi) is 5.00. The van der Waals surface area contributed by atoms with Gasteiger partial charge in [0, 0.05) is 43.1 Å². The number of rotatable bonds is 3. The van der Waals surface area contributed by atoms with Gasteiger partial charge in [0.2, 0.25) is 5.95 Å². The van der Waals surface area contributed by atoms with Gasteiger partial charge in [-0.1, -0.05) is 0 Å². The first-order valence-corrected chi connectivity index (χ1v) is 9.54. The number of anilines is 1. The minimum Gasteiger partial charge on any atom is -0.381 e. The first-order valence-electron chi connectivity index (χ1n) is 8.75. The predicted molar refractivity (Wildman–Crippen MR) is 101 cm³/mol. The predicted octanol–water partition coefficient (Wildman–Crippen LogP) is 4.28. The van der Waals surface area contributed by atoms with Crippen molar-refractivity contribution in [1.82, 2.24) is 19.5 Å². The van der Waals surface area contributed by atoms with Gasteiger partial charge in [0.1, 0.15) is 10.2 Å². The van der Waals surface area contributed by atoms with Crippen LogP contribution in [-0.2, 0) is 17.5 Å². The molecular weight excluding hydrogens is 439 g/mol. The second kappa shape index (κ2) is 7.32. The average molecular weight is 456 g/mol. The lowest BCUT2D eigenvalue weighted by atomic mass is 10.0. The van der Waals surface area contributed by atoms with Gasteiger partial charge in [-0.2, -0.15) is 13.2 Å². The van der Waals surface area contributed by atoms with Crippen LogP contribution in [0.4, 0.5) is 19.1 Å². The Morgan fingerprint density at radius 2 is 1.96 bits per heavy atom. The Hall–Kier alpha value is -2.20. The van der Waals surface area contributed by atoms with Crippen LogP contribution >= 0.6 is 15.9 Å². The number of nitrogens with zero attached hydrogens (tertiary/aromatic N) is 4. The summed E-state index contributed by atoms with van der Waals surface area (Å²) in [4.78, 5) is 11.7. The summed E-state index contributed by atoms with van der Waals surface area (Å²) in [6, 6.07) is 1.70. The molecule has 6 nitrogen and oxygen atoms in total. The van der Waals surface area contributed by atoms with Crippen LogP contribution in [0.3, 0.4) is 0 Å². The maximum atomic E-state index is 13.6. The summed E-state index contributed by atoms with van der Waals surface area (Å²) in [6.07, 6.45) is 1.31. The van der Waals surface area contributed by atoms with E-state index in [1.807, 2.05) is 4.57 Å². The highest BCUT2D eigenvalue weighted by Crippen LogP contribution is 2.39. The van der Waals surface area contributed by atoms with Crippen LogP contribution in [0.25, 0.3) is 22.2 Å². The van der Waals surface area contributed by atoms with Gasteiger partial charge >= 0.3 is 6.18 Å². The van der Waals surface area contributed by atoms with Gasteiger partial charge in [0.15, 0.2) is 0 Å². The van der Waals surface area contributed by atoms with Crippen molar-refractivity contribution in [2.45, 2.75) is 25.6 Å². The lowest BCUT2D eigenvalue weighted by Crippen LogP contribution is -2.20. The summed E-state index contributed by atoms with van der Waals surface area (Å²) in [5.41, 5.74) is 5.56. The van der Waals surface area contributed by atoms with E-state index < -0.39 is 11.7 Å². The maximum Gasteiger partial charge on any atom is 0.419 e. The minimum absolute atomic E-state index is 0.207. The summed E-state index contributed by atoms with van der Waals surface area (Å²) in [5, 5.41) is 0.623. The molecule has 0 bridgehead atoms. The molecule has 0 atom stereocenters. The Labute approximate surface area is 167 Å². The van der Waals surface area contributed by atoms with Crippen molar-refractivity contribution < 1.29 is 17.9 Å². The quantitative estimate of drug-likeness (QED) is 0.596. The molecule has 4 heterocycles. The highest BCUT2D eigenvalue weighted by Gasteiger charge is 2.36.